The van der Waals surface area contributed by atoms with Crippen LogP contribution in [0.5, 0.6) is 0 Å². The van der Waals surface area contributed by atoms with E-state index in [0.717, 1.165) is 12.1 Å². The summed E-state index contributed by atoms with van der Waals surface area (Å²) in [4.78, 5) is 4.07. The highest BCUT2D eigenvalue weighted by Crippen LogP contribution is 2.03. The Hall–Kier alpha value is -1.38. The Balaban J connectivity index is 3.02. The summed E-state index contributed by atoms with van der Waals surface area (Å²) in [6.07, 6.45) is 2.69. The molecule has 0 fully saturated rings. The van der Waals surface area contributed by atoms with Gasteiger partial charge in [-0.3, -0.25) is 4.98 Å². The lowest BCUT2D eigenvalue weighted by molar-refractivity contribution is 0.319. The van der Waals surface area contributed by atoms with Crippen molar-refractivity contribution in [3.8, 4) is 0 Å². The monoisotopic (exact) mass is 164 g/mol. The van der Waals surface area contributed by atoms with Gasteiger partial charge < -0.3 is 5.21 Å². The minimum absolute atomic E-state index is 0.547. The molecule has 1 aromatic heterocycles. The van der Waals surface area contributed by atoms with Crippen LogP contribution < -0.4 is 0 Å². The van der Waals surface area contributed by atoms with Crippen LogP contribution in [0.3, 0.4) is 0 Å². The quantitative estimate of drug-likeness (QED) is 0.412. The third-order valence-corrected chi connectivity index (χ3v) is 1.75. The summed E-state index contributed by atoms with van der Waals surface area (Å²) in [5.74, 6) is 0. The smallest absolute Gasteiger partial charge is 0.102 e. The third kappa shape index (κ3) is 1.81. The first kappa shape index (κ1) is 8.71. The second-order valence-electron chi connectivity index (χ2n) is 2.59. The minimum Gasteiger partial charge on any atom is -0.411 e. The topological polar surface area (TPSA) is 45.5 Å². The van der Waals surface area contributed by atoms with Crippen molar-refractivity contribution < 1.29 is 5.21 Å². The van der Waals surface area contributed by atoms with Gasteiger partial charge in [0.2, 0.25) is 0 Å². The predicted octanol–water partition coefficient (Wildman–Crippen LogP) is 1.84. The SMILES string of the molecule is CCc1ccnc(/C(C)=N\O)c1. The molecule has 0 spiro atoms. The second kappa shape index (κ2) is 3.85. The van der Waals surface area contributed by atoms with E-state index in [1.165, 1.54) is 5.56 Å². The average Bonchev–Trinajstić information content (AvgIpc) is 2.17. The fourth-order valence-electron chi connectivity index (χ4n) is 0.943. The van der Waals surface area contributed by atoms with Crippen LogP contribution in [0.15, 0.2) is 23.5 Å². The molecule has 1 rings (SSSR count). The second-order valence-corrected chi connectivity index (χ2v) is 2.59. The summed E-state index contributed by atoms with van der Waals surface area (Å²) in [6.45, 7) is 3.80. The van der Waals surface area contributed by atoms with Gasteiger partial charge in [-0.25, -0.2) is 0 Å². The van der Waals surface area contributed by atoms with E-state index in [0.29, 0.717) is 5.71 Å². The maximum Gasteiger partial charge on any atom is 0.102 e. The zero-order valence-electron chi connectivity index (χ0n) is 7.28. The molecule has 0 bridgehead atoms. The Morgan fingerprint density at radius 2 is 2.42 bits per heavy atom. The molecule has 3 heteroatoms. The molecule has 0 aliphatic rings. The highest BCUT2D eigenvalue weighted by Gasteiger charge is 1.99. The van der Waals surface area contributed by atoms with E-state index in [4.69, 9.17) is 5.21 Å². The number of rotatable bonds is 2. The number of hydrogen-bond donors (Lipinski definition) is 1. The van der Waals surface area contributed by atoms with Crippen LogP contribution in [0.25, 0.3) is 0 Å². The summed E-state index contributed by atoms with van der Waals surface area (Å²) < 4.78 is 0. The first-order chi connectivity index (χ1) is 5.77. The minimum atomic E-state index is 0.547. The molecule has 0 atom stereocenters. The van der Waals surface area contributed by atoms with Crippen LogP contribution in [-0.2, 0) is 6.42 Å². The fourth-order valence-corrected chi connectivity index (χ4v) is 0.943. The van der Waals surface area contributed by atoms with Gasteiger partial charge in [0.15, 0.2) is 0 Å². The van der Waals surface area contributed by atoms with E-state index >= 15 is 0 Å². The van der Waals surface area contributed by atoms with Crippen molar-refractivity contribution in [2.75, 3.05) is 0 Å². The van der Waals surface area contributed by atoms with Gasteiger partial charge >= 0.3 is 0 Å². The highest BCUT2D eigenvalue weighted by atomic mass is 16.4. The van der Waals surface area contributed by atoms with Crippen LogP contribution in [-0.4, -0.2) is 15.9 Å². The van der Waals surface area contributed by atoms with Crippen LogP contribution in [0, 0.1) is 0 Å². The predicted molar refractivity (Wildman–Crippen MR) is 47.6 cm³/mol. The van der Waals surface area contributed by atoms with Crippen molar-refractivity contribution >= 4 is 5.71 Å². The summed E-state index contributed by atoms with van der Waals surface area (Å²) in [6, 6.07) is 3.88. The average molecular weight is 164 g/mol. The summed E-state index contributed by atoms with van der Waals surface area (Å²) >= 11 is 0. The Labute approximate surface area is 71.8 Å². The maximum atomic E-state index is 8.50. The van der Waals surface area contributed by atoms with Crippen LogP contribution in [0.1, 0.15) is 25.1 Å². The van der Waals surface area contributed by atoms with Crippen LogP contribution in [0.4, 0.5) is 0 Å². The van der Waals surface area contributed by atoms with Crippen molar-refractivity contribution in [1.82, 2.24) is 4.98 Å². The van der Waals surface area contributed by atoms with Crippen molar-refractivity contribution in [3.63, 3.8) is 0 Å². The Morgan fingerprint density at radius 3 is 3.00 bits per heavy atom. The van der Waals surface area contributed by atoms with Crippen molar-refractivity contribution in [2.24, 2.45) is 5.16 Å². The number of aryl methyl sites for hydroxylation is 1. The normalized spacial score (nSPS) is 11.7. The van der Waals surface area contributed by atoms with E-state index in [1.807, 2.05) is 12.1 Å². The Kier molecular flexibility index (Phi) is 2.80. The lowest BCUT2D eigenvalue weighted by atomic mass is 10.1. The van der Waals surface area contributed by atoms with Gasteiger partial charge in [-0.05, 0) is 31.0 Å². The summed E-state index contributed by atoms with van der Waals surface area (Å²) in [5.41, 5.74) is 2.48. The standard InChI is InChI=1S/C9H12N2O/c1-3-8-4-5-10-9(6-8)7(2)11-12/h4-6,12H,3H2,1-2H3/b11-7-. The van der Waals surface area contributed by atoms with Gasteiger partial charge in [-0.15, -0.1) is 0 Å². The first-order valence-electron chi connectivity index (χ1n) is 3.92. The molecule has 1 heterocycles. The van der Waals surface area contributed by atoms with Gasteiger partial charge in [0.1, 0.15) is 5.71 Å². The zero-order chi connectivity index (χ0) is 8.97. The molecule has 0 unspecified atom stereocenters. The molecule has 1 N–H and O–H groups in total. The number of nitrogens with zero attached hydrogens (tertiary/aromatic N) is 2. The number of pyridine rings is 1. The fraction of sp³-hybridized carbons (Fsp3) is 0.333. The van der Waals surface area contributed by atoms with E-state index in [9.17, 15) is 0 Å². The van der Waals surface area contributed by atoms with Gasteiger partial charge in [-0.2, -0.15) is 0 Å². The molecular formula is C9H12N2O. The van der Waals surface area contributed by atoms with Gasteiger partial charge in [0.25, 0.3) is 0 Å². The van der Waals surface area contributed by atoms with Gasteiger partial charge in [0.05, 0.1) is 5.69 Å². The van der Waals surface area contributed by atoms with Gasteiger partial charge in [-0.1, -0.05) is 12.1 Å². The van der Waals surface area contributed by atoms with Gasteiger partial charge in [0, 0.05) is 6.20 Å². The van der Waals surface area contributed by atoms with Crippen LogP contribution in [0.2, 0.25) is 0 Å². The lowest BCUT2D eigenvalue weighted by Gasteiger charge is -1.99. The molecule has 0 aliphatic carbocycles. The molecule has 0 radical (unpaired) electrons. The molecule has 3 nitrogen and oxygen atoms in total. The highest BCUT2D eigenvalue weighted by molar-refractivity contribution is 5.96. The Bertz CT molecular complexity index is 294. The first-order valence-corrected chi connectivity index (χ1v) is 3.92. The van der Waals surface area contributed by atoms with E-state index in [1.54, 1.807) is 13.1 Å². The third-order valence-electron chi connectivity index (χ3n) is 1.75. The largest absolute Gasteiger partial charge is 0.411 e. The maximum absolute atomic E-state index is 8.50. The number of hydrogen-bond acceptors (Lipinski definition) is 3. The molecule has 0 saturated carbocycles. The molecular weight excluding hydrogens is 152 g/mol. The molecule has 0 saturated heterocycles. The van der Waals surface area contributed by atoms with Crippen molar-refractivity contribution in [3.05, 3.63) is 29.6 Å². The summed E-state index contributed by atoms with van der Waals surface area (Å²) in [5, 5.41) is 11.6. The van der Waals surface area contributed by atoms with Crippen molar-refractivity contribution in [1.29, 1.82) is 0 Å². The molecule has 64 valence electrons. The molecule has 0 aliphatic heterocycles. The summed E-state index contributed by atoms with van der Waals surface area (Å²) in [7, 11) is 0. The van der Waals surface area contributed by atoms with Crippen LogP contribution >= 0.6 is 0 Å². The lowest BCUT2D eigenvalue weighted by Crippen LogP contribution is -1.98. The molecule has 1 aromatic rings. The molecule has 12 heavy (non-hydrogen) atoms. The number of aromatic nitrogens is 1. The number of oxime groups is 1. The van der Waals surface area contributed by atoms with E-state index < -0.39 is 0 Å². The van der Waals surface area contributed by atoms with Crippen molar-refractivity contribution in [2.45, 2.75) is 20.3 Å². The Morgan fingerprint density at radius 1 is 1.67 bits per heavy atom. The molecule has 0 amide bonds. The zero-order valence-corrected chi connectivity index (χ0v) is 7.28. The van der Waals surface area contributed by atoms with E-state index in [2.05, 4.69) is 17.1 Å². The van der Waals surface area contributed by atoms with E-state index in [-0.39, 0.29) is 0 Å². The molecule has 0 aromatic carbocycles.